The van der Waals surface area contributed by atoms with Gasteiger partial charge < -0.3 is 40.1 Å². The molecule has 6 N–H and O–H groups in total. The minimum Gasteiger partial charge on any atom is -0.394 e. The fraction of sp³-hybridized carbons (Fsp3) is 1.00. The molecular formula is C33H55NO8. The number of nitrogens with zero attached hydrogens (tertiary/aromatic N) is 1. The maximum absolute atomic E-state index is 12.0. The maximum atomic E-state index is 12.0. The lowest BCUT2D eigenvalue weighted by molar-refractivity contribution is -0.317. The summed E-state index contributed by atoms with van der Waals surface area (Å²) in [5.41, 5.74) is -0.628. The SMILES string of the molecule is C[C@@H]1CC[C@@H]2N(C1)C[C@H]1[C@@H]3C[C@H]4[C@@H](C[C@H](O)[C@H]5C[C@@H](O[C@@H]6O[C@H](CO)[C@@H](O)[C@H](O)[C@H]6O)CC[C@@]54C)[C@@H]3CC[C@@H]1[C@]2(C)O. The van der Waals surface area contributed by atoms with Gasteiger partial charge in [0.15, 0.2) is 6.29 Å². The quantitative estimate of drug-likeness (QED) is 0.269. The van der Waals surface area contributed by atoms with Gasteiger partial charge in [0.25, 0.3) is 0 Å². The van der Waals surface area contributed by atoms with Crippen LogP contribution >= 0.6 is 0 Å². The Morgan fingerprint density at radius 1 is 0.786 bits per heavy atom. The largest absolute Gasteiger partial charge is 0.394 e. The molecule has 9 nitrogen and oxygen atoms in total. The molecule has 0 aromatic heterocycles. The Hall–Kier alpha value is -0.360. The zero-order chi connectivity index (χ0) is 29.7. The monoisotopic (exact) mass is 593 g/mol. The van der Waals surface area contributed by atoms with Crippen molar-refractivity contribution < 1.29 is 40.1 Å². The fourth-order valence-electron chi connectivity index (χ4n) is 12.1. The summed E-state index contributed by atoms with van der Waals surface area (Å²) in [5, 5.41) is 64.1. The van der Waals surface area contributed by atoms with Crippen molar-refractivity contribution in [1.29, 1.82) is 0 Å². The van der Waals surface area contributed by atoms with Gasteiger partial charge in [-0.1, -0.05) is 13.8 Å². The predicted octanol–water partition coefficient (Wildman–Crippen LogP) is 1.50. The maximum Gasteiger partial charge on any atom is 0.186 e. The second-order valence-corrected chi connectivity index (χ2v) is 16.2. The molecule has 42 heavy (non-hydrogen) atoms. The summed E-state index contributed by atoms with van der Waals surface area (Å²) in [4.78, 5) is 2.64. The lowest BCUT2D eigenvalue weighted by Gasteiger charge is -2.60. The standard InChI is InChI=1S/C33H55NO8/c1-16-4-7-27-33(3,40)22-6-5-18-19(21(22)14-34(27)13-16)11-23-20(18)12-25(36)24-10-17(8-9-32(23,24)2)41-31-30(39)29(38)28(37)26(15-35)42-31/h16-31,35-40H,4-15H2,1-3H3/t16-,17+,18-,19-,20+,21+,22+,23+,24-,25+,26-,27+,28-,29+,30-,31-,32-,33+/m1/s1. The Bertz CT molecular complexity index is 995. The third-order valence-corrected chi connectivity index (χ3v) is 14.2. The van der Waals surface area contributed by atoms with Crippen LogP contribution in [0.25, 0.3) is 0 Å². The van der Waals surface area contributed by atoms with Crippen LogP contribution in [0.1, 0.15) is 78.6 Å². The molecule has 0 amide bonds. The molecule has 7 aliphatic rings. The second kappa shape index (κ2) is 10.9. The van der Waals surface area contributed by atoms with Crippen LogP contribution in [-0.4, -0.2) is 110 Å². The number of aliphatic hydroxyl groups is 6. The highest BCUT2D eigenvalue weighted by Crippen LogP contribution is 2.67. The van der Waals surface area contributed by atoms with E-state index in [1.807, 2.05) is 0 Å². The van der Waals surface area contributed by atoms with E-state index in [2.05, 4.69) is 25.7 Å². The van der Waals surface area contributed by atoms with Crippen molar-refractivity contribution in [3.05, 3.63) is 0 Å². The van der Waals surface area contributed by atoms with E-state index in [1.54, 1.807) is 0 Å². The smallest absolute Gasteiger partial charge is 0.186 e. The predicted molar refractivity (Wildman–Crippen MR) is 154 cm³/mol. The molecule has 240 valence electrons. The topological polar surface area (TPSA) is 143 Å². The molecule has 7 rings (SSSR count). The van der Waals surface area contributed by atoms with Crippen LogP contribution in [0.15, 0.2) is 0 Å². The number of hydrogen-bond acceptors (Lipinski definition) is 9. The zero-order valence-electron chi connectivity index (χ0n) is 25.7. The summed E-state index contributed by atoms with van der Waals surface area (Å²) in [5.74, 6) is 3.97. The average molecular weight is 594 g/mol. The van der Waals surface area contributed by atoms with Crippen LogP contribution in [0.5, 0.6) is 0 Å². The third kappa shape index (κ3) is 4.58. The molecule has 3 heterocycles. The third-order valence-electron chi connectivity index (χ3n) is 14.2. The van der Waals surface area contributed by atoms with Gasteiger partial charge in [-0.3, -0.25) is 4.90 Å². The van der Waals surface area contributed by atoms with Crippen molar-refractivity contribution in [2.75, 3.05) is 19.7 Å². The van der Waals surface area contributed by atoms with E-state index in [-0.39, 0.29) is 23.5 Å². The van der Waals surface area contributed by atoms with E-state index in [9.17, 15) is 30.6 Å². The van der Waals surface area contributed by atoms with Gasteiger partial charge >= 0.3 is 0 Å². The van der Waals surface area contributed by atoms with Gasteiger partial charge in [-0.2, -0.15) is 0 Å². The Kier molecular flexibility index (Phi) is 7.84. The highest BCUT2D eigenvalue weighted by atomic mass is 16.7. The molecule has 4 aliphatic carbocycles. The summed E-state index contributed by atoms with van der Waals surface area (Å²) in [6.07, 6.45) is 1.96. The van der Waals surface area contributed by atoms with Gasteiger partial charge in [0.05, 0.1) is 24.4 Å². The summed E-state index contributed by atoms with van der Waals surface area (Å²) < 4.78 is 11.8. The van der Waals surface area contributed by atoms with E-state index in [4.69, 9.17) is 9.47 Å². The summed E-state index contributed by atoms with van der Waals surface area (Å²) in [7, 11) is 0. The minimum atomic E-state index is -1.45. The first-order valence-electron chi connectivity index (χ1n) is 17.0. The van der Waals surface area contributed by atoms with Crippen molar-refractivity contribution in [2.24, 2.45) is 52.8 Å². The number of ether oxygens (including phenoxy) is 2. The Morgan fingerprint density at radius 2 is 1.57 bits per heavy atom. The van der Waals surface area contributed by atoms with Crippen LogP contribution < -0.4 is 0 Å². The number of fused-ring (bicyclic) bond motifs is 8. The van der Waals surface area contributed by atoms with Crippen LogP contribution in [0, 0.1) is 52.8 Å². The highest BCUT2D eigenvalue weighted by molar-refractivity contribution is 5.14. The number of aliphatic hydroxyl groups excluding tert-OH is 5. The number of rotatable bonds is 3. The lowest BCUT2D eigenvalue weighted by Crippen LogP contribution is -2.67. The average Bonchev–Trinajstić information content (AvgIpc) is 3.33. The second-order valence-electron chi connectivity index (χ2n) is 16.2. The Labute approximate surface area is 250 Å². The molecule has 0 radical (unpaired) electrons. The van der Waals surface area contributed by atoms with Crippen molar-refractivity contribution in [3.63, 3.8) is 0 Å². The van der Waals surface area contributed by atoms with Crippen molar-refractivity contribution in [1.82, 2.24) is 4.90 Å². The summed E-state index contributed by atoms with van der Waals surface area (Å²) in [6, 6.07) is 0.290. The van der Waals surface area contributed by atoms with Crippen LogP contribution in [0.3, 0.4) is 0 Å². The first-order valence-corrected chi connectivity index (χ1v) is 17.0. The molecule has 0 aromatic rings. The van der Waals surface area contributed by atoms with Crippen molar-refractivity contribution >= 4 is 0 Å². The Morgan fingerprint density at radius 3 is 2.33 bits per heavy atom. The summed E-state index contributed by atoms with van der Waals surface area (Å²) >= 11 is 0. The molecule has 9 heteroatoms. The molecule has 4 saturated carbocycles. The molecule has 0 bridgehead atoms. The van der Waals surface area contributed by atoms with Crippen molar-refractivity contribution in [2.45, 2.75) is 133 Å². The van der Waals surface area contributed by atoms with Crippen LogP contribution in [-0.2, 0) is 9.47 Å². The molecule has 18 atom stereocenters. The molecule has 3 aliphatic heterocycles. The number of piperidine rings is 2. The van der Waals surface area contributed by atoms with Gasteiger partial charge in [-0.05, 0) is 117 Å². The zero-order valence-corrected chi connectivity index (χ0v) is 25.7. The lowest BCUT2D eigenvalue weighted by atomic mass is 9.51. The van der Waals surface area contributed by atoms with E-state index in [0.717, 1.165) is 45.2 Å². The molecule has 0 spiro atoms. The minimum absolute atomic E-state index is 0.00374. The first-order chi connectivity index (χ1) is 19.9. The summed E-state index contributed by atoms with van der Waals surface area (Å²) in [6.45, 7) is 8.63. The van der Waals surface area contributed by atoms with Gasteiger partial charge in [-0.25, -0.2) is 0 Å². The van der Waals surface area contributed by atoms with E-state index in [1.165, 1.54) is 19.3 Å². The molecule has 3 saturated heterocycles. The van der Waals surface area contributed by atoms with E-state index < -0.39 is 49.0 Å². The van der Waals surface area contributed by atoms with E-state index >= 15 is 0 Å². The normalized spacial score (nSPS) is 59.6. The molecule has 0 unspecified atom stereocenters. The van der Waals surface area contributed by atoms with Gasteiger partial charge in [0.1, 0.15) is 24.4 Å². The highest BCUT2D eigenvalue weighted by Gasteiger charge is 2.64. The molecule has 0 aromatic carbocycles. The molecule has 7 fully saturated rings. The van der Waals surface area contributed by atoms with Crippen LogP contribution in [0.4, 0.5) is 0 Å². The fourth-order valence-corrected chi connectivity index (χ4v) is 12.1. The van der Waals surface area contributed by atoms with Gasteiger partial charge in [0.2, 0.25) is 0 Å². The Balaban J connectivity index is 1.07. The van der Waals surface area contributed by atoms with E-state index in [0.29, 0.717) is 47.8 Å². The van der Waals surface area contributed by atoms with Crippen molar-refractivity contribution in [3.8, 4) is 0 Å². The van der Waals surface area contributed by atoms with Crippen LogP contribution in [0.2, 0.25) is 0 Å². The van der Waals surface area contributed by atoms with Gasteiger partial charge in [0, 0.05) is 19.1 Å². The molecular weight excluding hydrogens is 538 g/mol. The number of hydrogen-bond donors (Lipinski definition) is 6. The first kappa shape index (κ1) is 30.3. The van der Waals surface area contributed by atoms with Gasteiger partial charge in [-0.15, -0.1) is 0 Å².